The maximum atomic E-state index is 11.3. The first-order valence-corrected chi connectivity index (χ1v) is 6.78. The van der Waals surface area contributed by atoms with Gasteiger partial charge in [0.15, 0.2) is 0 Å². The fourth-order valence-corrected chi connectivity index (χ4v) is 2.62. The third-order valence-corrected chi connectivity index (χ3v) is 3.47. The van der Waals surface area contributed by atoms with Crippen molar-refractivity contribution in [3.63, 3.8) is 0 Å². The number of nitro groups is 1. The van der Waals surface area contributed by atoms with Crippen molar-refractivity contribution >= 4 is 17.1 Å². The molecule has 0 aliphatic carbocycles. The molecular weight excluding hydrogens is 260 g/mol. The summed E-state index contributed by atoms with van der Waals surface area (Å²) in [5, 5.41) is 11.3. The van der Waals surface area contributed by atoms with Crippen LogP contribution in [0, 0.1) is 10.1 Å². The number of rotatable bonds is 5. The van der Waals surface area contributed by atoms with Gasteiger partial charge in [-0.15, -0.1) is 0 Å². The Morgan fingerprint density at radius 3 is 3.05 bits per heavy atom. The Labute approximate surface area is 117 Å². The number of hydrogen-bond acceptors (Lipinski definition) is 6. The van der Waals surface area contributed by atoms with E-state index in [0.29, 0.717) is 24.5 Å². The van der Waals surface area contributed by atoms with Gasteiger partial charge < -0.3 is 15.1 Å². The summed E-state index contributed by atoms with van der Waals surface area (Å²) in [5.74, 6) is 5.36. The molecule has 1 unspecified atom stereocenters. The van der Waals surface area contributed by atoms with E-state index < -0.39 is 4.92 Å². The molecule has 110 valence electrons. The molecule has 0 bridgehead atoms. The van der Waals surface area contributed by atoms with Crippen molar-refractivity contribution in [3.05, 3.63) is 28.3 Å². The number of piperidine rings is 1. The molecule has 1 atom stereocenters. The number of anilines is 2. The summed E-state index contributed by atoms with van der Waals surface area (Å²) in [6.45, 7) is 4.08. The van der Waals surface area contributed by atoms with E-state index >= 15 is 0 Å². The Kier molecular flexibility index (Phi) is 4.75. The average molecular weight is 280 g/mol. The second kappa shape index (κ2) is 6.53. The van der Waals surface area contributed by atoms with Crippen LogP contribution in [0.2, 0.25) is 0 Å². The number of para-hydroxylation sites is 1. The quantitative estimate of drug-likeness (QED) is 0.486. The average Bonchev–Trinajstić information content (AvgIpc) is 2.47. The molecule has 0 amide bonds. The zero-order valence-corrected chi connectivity index (χ0v) is 11.5. The highest BCUT2D eigenvalue weighted by molar-refractivity contribution is 5.76. The van der Waals surface area contributed by atoms with Crippen molar-refractivity contribution in [1.82, 2.24) is 0 Å². The number of hydrazine groups is 1. The normalized spacial score (nSPS) is 18.9. The molecular formula is C13H20N4O3. The van der Waals surface area contributed by atoms with E-state index in [1.54, 1.807) is 18.2 Å². The fraction of sp³-hybridized carbons (Fsp3) is 0.538. The maximum absolute atomic E-state index is 11.3. The van der Waals surface area contributed by atoms with Crippen LogP contribution in [0.25, 0.3) is 0 Å². The monoisotopic (exact) mass is 280 g/mol. The summed E-state index contributed by atoms with van der Waals surface area (Å²) in [5.41, 5.74) is 3.33. The zero-order chi connectivity index (χ0) is 14.5. The molecule has 1 aliphatic heterocycles. The van der Waals surface area contributed by atoms with Crippen LogP contribution in [0.3, 0.4) is 0 Å². The van der Waals surface area contributed by atoms with Crippen LogP contribution in [0.5, 0.6) is 0 Å². The van der Waals surface area contributed by atoms with Crippen molar-refractivity contribution < 1.29 is 9.66 Å². The highest BCUT2D eigenvalue weighted by Gasteiger charge is 2.27. The van der Waals surface area contributed by atoms with Crippen LogP contribution >= 0.6 is 0 Å². The molecule has 0 spiro atoms. The lowest BCUT2D eigenvalue weighted by atomic mass is 10.1. The molecule has 1 aromatic carbocycles. The van der Waals surface area contributed by atoms with Crippen molar-refractivity contribution in [1.29, 1.82) is 0 Å². The van der Waals surface area contributed by atoms with E-state index in [0.717, 1.165) is 19.4 Å². The largest absolute Gasteiger partial charge is 0.377 e. The third kappa shape index (κ3) is 3.00. The van der Waals surface area contributed by atoms with Crippen molar-refractivity contribution in [2.75, 3.05) is 30.0 Å². The summed E-state index contributed by atoms with van der Waals surface area (Å²) in [7, 11) is 0. The van der Waals surface area contributed by atoms with Crippen molar-refractivity contribution in [2.24, 2.45) is 5.84 Å². The number of ether oxygens (including phenoxy) is 1. The molecule has 1 fully saturated rings. The Bertz CT molecular complexity index is 479. The standard InChI is InChI=1S/C13H20N4O3/c1-2-20-10-5-4-8-16(9-10)12-7-3-6-11(15-14)13(12)17(18)19/h3,6-7,10,15H,2,4-5,8-9,14H2,1H3. The minimum atomic E-state index is -0.394. The van der Waals surface area contributed by atoms with Gasteiger partial charge in [-0.1, -0.05) is 6.07 Å². The summed E-state index contributed by atoms with van der Waals surface area (Å²) < 4.78 is 5.64. The third-order valence-electron chi connectivity index (χ3n) is 3.47. The van der Waals surface area contributed by atoms with E-state index in [9.17, 15) is 10.1 Å². The molecule has 0 aromatic heterocycles. The van der Waals surface area contributed by atoms with E-state index in [1.807, 2.05) is 11.8 Å². The molecule has 0 saturated carbocycles. The number of benzene rings is 1. The fourth-order valence-electron chi connectivity index (χ4n) is 2.62. The second-order valence-corrected chi connectivity index (χ2v) is 4.74. The molecule has 1 aliphatic rings. The van der Waals surface area contributed by atoms with Gasteiger partial charge in [0.25, 0.3) is 0 Å². The van der Waals surface area contributed by atoms with Gasteiger partial charge in [0.1, 0.15) is 11.4 Å². The molecule has 2 rings (SSSR count). The highest BCUT2D eigenvalue weighted by atomic mass is 16.6. The predicted octanol–water partition coefficient (Wildman–Crippen LogP) is 1.89. The lowest BCUT2D eigenvalue weighted by Crippen LogP contribution is -2.40. The van der Waals surface area contributed by atoms with Crippen LogP contribution in [0.1, 0.15) is 19.8 Å². The Balaban J connectivity index is 2.29. The van der Waals surface area contributed by atoms with Crippen molar-refractivity contribution in [3.8, 4) is 0 Å². The topological polar surface area (TPSA) is 93.7 Å². The number of hydrogen-bond donors (Lipinski definition) is 2. The van der Waals surface area contributed by atoms with Gasteiger partial charge in [-0.3, -0.25) is 16.0 Å². The maximum Gasteiger partial charge on any atom is 0.316 e. The summed E-state index contributed by atoms with van der Waals surface area (Å²) in [4.78, 5) is 12.9. The Morgan fingerprint density at radius 1 is 1.60 bits per heavy atom. The molecule has 1 heterocycles. The van der Waals surface area contributed by atoms with Gasteiger partial charge in [-0.05, 0) is 31.9 Å². The molecule has 3 N–H and O–H groups in total. The van der Waals surface area contributed by atoms with E-state index in [4.69, 9.17) is 10.6 Å². The first-order chi connectivity index (χ1) is 9.67. The lowest BCUT2D eigenvalue weighted by molar-refractivity contribution is -0.383. The van der Waals surface area contributed by atoms with E-state index in [1.165, 1.54) is 0 Å². The first-order valence-electron chi connectivity index (χ1n) is 6.78. The summed E-state index contributed by atoms with van der Waals surface area (Å²) in [6, 6.07) is 5.13. The number of nitrogens with zero attached hydrogens (tertiary/aromatic N) is 2. The number of nitrogen functional groups attached to an aromatic ring is 1. The molecule has 1 aromatic rings. The lowest BCUT2D eigenvalue weighted by Gasteiger charge is -2.34. The van der Waals surface area contributed by atoms with Gasteiger partial charge in [0.05, 0.1) is 11.0 Å². The summed E-state index contributed by atoms with van der Waals surface area (Å²) >= 11 is 0. The SMILES string of the molecule is CCOC1CCCN(c2cccc(NN)c2[N+](=O)[O-])C1. The zero-order valence-electron chi connectivity index (χ0n) is 11.5. The van der Waals surface area contributed by atoms with Crippen LogP contribution < -0.4 is 16.2 Å². The Hall–Kier alpha value is -1.86. The minimum Gasteiger partial charge on any atom is -0.377 e. The second-order valence-electron chi connectivity index (χ2n) is 4.74. The van der Waals surface area contributed by atoms with Crippen LogP contribution in [0.15, 0.2) is 18.2 Å². The predicted molar refractivity (Wildman–Crippen MR) is 77.8 cm³/mol. The molecule has 7 heteroatoms. The van der Waals surface area contributed by atoms with Crippen LogP contribution in [-0.2, 0) is 4.74 Å². The van der Waals surface area contributed by atoms with E-state index in [2.05, 4.69) is 5.43 Å². The van der Waals surface area contributed by atoms with Crippen molar-refractivity contribution in [2.45, 2.75) is 25.9 Å². The van der Waals surface area contributed by atoms with Gasteiger partial charge in [-0.25, -0.2) is 0 Å². The smallest absolute Gasteiger partial charge is 0.316 e. The number of nitrogens with two attached hydrogens (primary N) is 1. The van der Waals surface area contributed by atoms with E-state index in [-0.39, 0.29) is 11.8 Å². The number of nitro benzene ring substituents is 1. The molecule has 1 saturated heterocycles. The van der Waals surface area contributed by atoms with Gasteiger partial charge in [-0.2, -0.15) is 0 Å². The molecule has 7 nitrogen and oxygen atoms in total. The summed E-state index contributed by atoms with van der Waals surface area (Å²) in [6.07, 6.45) is 2.08. The Morgan fingerprint density at radius 2 is 2.40 bits per heavy atom. The molecule has 0 radical (unpaired) electrons. The van der Waals surface area contributed by atoms with Crippen LogP contribution in [-0.4, -0.2) is 30.7 Å². The highest BCUT2D eigenvalue weighted by Crippen LogP contribution is 2.36. The van der Waals surface area contributed by atoms with Gasteiger partial charge >= 0.3 is 5.69 Å². The first kappa shape index (κ1) is 14.5. The number of nitrogens with one attached hydrogen (secondary N) is 1. The van der Waals surface area contributed by atoms with Gasteiger partial charge in [0.2, 0.25) is 0 Å². The molecule has 20 heavy (non-hydrogen) atoms. The van der Waals surface area contributed by atoms with Crippen LogP contribution in [0.4, 0.5) is 17.1 Å². The van der Waals surface area contributed by atoms with Gasteiger partial charge in [0, 0.05) is 19.7 Å². The minimum absolute atomic E-state index is 0.0205.